The highest BCUT2D eigenvalue weighted by molar-refractivity contribution is 6.42. The summed E-state index contributed by atoms with van der Waals surface area (Å²) in [7, 11) is 0. The van der Waals surface area contributed by atoms with Crippen LogP contribution in [-0.4, -0.2) is 55.8 Å². The molecule has 0 aromatic heterocycles. The number of ether oxygens (including phenoxy) is 3. The molecule has 13 heteroatoms. The summed E-state index contributed by atoms with van der Waals surface area (Å²) in [6, 6.07) is 14.8. The second kappa shape index (κ2) is 17.0. The van der Waals surface area contributed by atoms with E-state index in [-0.39, 0.29) is 29.7 Å². The maximum Gasteiger partial charge on any atom is 0.338 e. The number of carbonyl (C=O) groups is 4. The molecule has 0 aliphatic rings. The lowest BCUT2D eigenvalue weighted by molar-refractivity contribution is -0.124. The Hall–Kier alpha value is -4.61. The van der Waals surface area contributed by atoms with E-state index in [0.29, 0.717) is 39.9 Å². The monoisotopic (exact) mass is 656 g/mol. The lowest BCUT2D eigenvalue weighted by Gasteiger charge is -2.20. The predicted molar refractivity (Wildman–Crippen MR) is 172 cm³/mol. The van der Waals surface area contributed by atoms with Crippen molar-refractivity contribution in [3.8, 4) is 11.5 Å². The molecule has 0 fully saturated rings. The van der Waals surface area contributed by atoms with E-state index in [0.717, 1.165) is 0 Å². The number of anilines is 1. The minimum Gasteiger partial charge on any atom is -0.490 e. The largest absolute Gasteiger partial charge is 0.490 e. The maximum absolute atomic E-state index is 12.8. The minimum absolute atomic E-state index is 0.227. The number of amides is 3. The fraction of sp³-hybridized carbons (Fsp3) is 0.281. The van der Waals surface area contributed by atoms with Gasteiger partial charge in [-0.15, -0.1) is 0 Å². The average Bonchev–Trinajstić information content (AvgIpc) is 3.01. The molecule has 3 amide bonds. The van der Waals surface area contributed by atoms with Gasteiger partial charge in [0.05, 0.1) is 35.0 Å². The lowest BCUT2D eigenvalue weighted by Crippen LogP contribution is -2.48. The molecule has 0 aliphatic heterocycles. The highest BCUT2D eigenvalue weighted by Crippen LogP contribution is 2.28. The molecule has 11 nitrogen and oxygen atoms in total. The highest BCUT2D eigenvalue weighted by atomic mass is 35.5. The number of hydrogen-bond acceptors (Lipinski definition) is 8. The molecule has 0 heterocycles. The first-order chi connectivity index (χ1) is 21.5. The van der Waals surface area contributed by atoms with Crippen molar-refractivity contribution in [2.75, 3.05) is 25.1 Å². The molecule has 45 heavy (non-hydrogen) atoms. The van der Waals surface area contributed by atoms with E-state index in [2.05, 4.69) is 21.2 Å². The van der Waals surface area contributed by atoms with Crippen LogP contribution in [0, 0.1) is 5.92 Å². The molecule has 1 atom stereocenters. The Bertz CT molecular complexity index is 1540. The van der Waals surface area contributed by atoms with Crippen LogP contribution in [0.1, 0.15) is 54.0 Å². The molecule has 0 bridgehead atoms. The van der Waals surface area contributed by atoms with Gasteiger partial charge in [-0.25, -0.2) is 10.2 Å². The SMILES string of the molecule is CCOC(=O)c1ccc(NC(=O)COc2ccc(/C=N/NC(=O)C(NC(=O)c3ccc(Cl)c(Cl)c3)C(C)C)cc2OCC)cc1. The highest BCUT2D eigenvalue weighted by Gasteiger charge is 2.25. The zero-order chi connectivity index (χ0) is 32.9. The summed E-state index contributed by atoms with van der Waals surface area (Å²) >= 11 is 11.9. The molecular formula is C32H34Cl2N4O7. The maximum atomic E-state index is 12.8. The third-order valence-corrected chi connectivity index (χ3v) is 6.85. The van der Waals surface area contributed by atoms with E-state index in [4.69, 9.17) is 37.4 Å². The number of hydrazone groups is 1. The third kappa shape index (κ3) is 10.5. The van der Waals surface area contributed by atoms with Crippen molar-refractivity contribution >= 4 is 58.8 Å². The second-order valence-electron chi connectivity index (χ2n) is 9.83. The van der Waals surface area contributed by atoms with E-state index in [9.17, 15) is 19.2 Å². The number of esters is 1. The number of rotatable bonds is 14. The fourth-order valence-electron chi connectivity index (χ4n) is 3.87. The van der Waals surface area contributed by atoms with E-state index >= 15 is 0 Å². The molecule has 1 unspecified atom stereocenters. The van der Waals surface area contributed by atoms with Gasteiger partial charge in [0.25, 0.3) is 17.7 Å². The molecule has 3 N–H and O–H groups in total. The van der Waals surface area contributed by atoms with Crippen molar-refractivity contribution in [3.05, 3.63) is 87.4 Å². The van der Waals surface area contributed by atoms with Gasteiger partial charge >= 0.3 is 5.97 Å². The first-order valence-electron chi connectivity index (χ1n) is 14.1. The lowest BCUT2D eigenvalue weighted by atomic mass is 10.0. The van der Waals surface area contributed by atoms with Gasteiger partial charge in [-0.05, 0) is 86.0 Å². The normalized spacial score (nSPS) is 11.5. The zero-order valence-electron chi connectivity index (χ0n) is 25.2. The smallest absolute Gasteiger partial charge is 0.338 e. The number of nitrogens with one attached hydrogen (secondary N) is 3. The van der Waals surface area contributed by atoms with Gasteiger partial charge in [0.1, 0.15) is 6.04 Å². The Morgan fingerprint density at radius 2 is 1.56 bits per heavy atom. The number of hydrogen-bond donors (Lipinski definition) is 3. The van der Waals surface area contributed by atoms with Crippen LogP contribution in [0.3, 0.4) is 0 Å². The molecule has 0 saturated carbocycles. The van der Waals surface area contributed by atoms with Crippen molar-refractivity contribution in [2.24, 2.45) is 11.0 Å². The minimum atomic E-state index is -0.875. The summed E-state index contributed by atoms with van der Waals surface area (Å²) in [5.41, 5.74) is 4.16. The van der Waals surface area contributed by atoms with Crippen molar-refractivity contribution < 1.29 is 33.4 Å². The summed E-state index contributed by atoms with van der Waals surface area (Å²) in [5.74, 6) is -1.40. The summed E-state index contributed by atoms with van der Waals surface area (Å²) < 4.78 is 16.3. The van der Waals surface area contributed by atoms with Gasteiger partial charge < -0.3 is 24.8 Å². The molecule has 3 rings (SSSR count). The molecule has 3 aromatic rings. The van der Waals surface area contributed by atoms with Gasteiger partial charge in [0.15, 0.2) is 18.1 Å². The fourth-order valence-corrected chi connectivity index (χ4v) is 4.17. The molecule has 0 spiro atoms. The van der Waals surface area contributed by atoms with Crippen molar-refractivity contribution in [1.29, 1.82) is 0 Å². The van der Waals surface area contributed by atoms with Crippen LogP contribution in [-0.2, 0) is 14.3 Å². The Labute approximate surface area is 271 Å². The Kier molecular flexibility index (Phi) is 13.2. The number of halogens is 2. The molecular weight excluding hydrogens is 623 g/mol. The van der Waals surface area contributed by atoms with Crippen LogP contribution in [0.25, 0.3) is 0 Å². The van der Waals surface area contributed by atoms with E-state index < -0.39 is 29.7 Å². The standard InChI is InChI=1S/C32H34Cl2N4O7/c1-5-43-27-15-20(7-14-26(27)45-18-28(39)36-23-11-8-21(9-12-23)32(42)44-6-2)17-35-38-31(41)29(19(3)4)37-30(40)22-10-13-24(33)25(34)16-22/h7-17,19,29H,5-6,18H2,1-4H3,(H,36,39)(H,37,40)(H,38,41)/b35-17+. The van der Waals surface area contributed by atoms with Crippen LogP contribution in [0.5, 0.6) is 11.5 Å². The quantitative estimate of drug-likeness (QED) is 0.118. The van der Waals surface area contributed by atoms with Crippen LogP contribution in [0.4, 0.5) is 5.69 Å². The molecule has 0 radical (unpaired) electrons. The predicted octanol–water partition coefficient (Wildman–Crippen LogP) is 5.49. The van der Waals surface area contributed by atoms with Crippen molar-refractivity contribution in [3.63, 3.8) is 0 Å². The van der Waals surface area contributed by atoms with Gasteiger partial charge in [0, 0.05) is 11.3 Å². The molecule has 238 valence electrons. The Morgan fingerprint density at radius 3 is 2.20 bits per heavy atom. The topological polar surface area (TPSA) is 144 Å². The van der Waals surface area contributed by atoms with Crippen molar-refractivity contribution in [1.82, 2.24) is 10.7 Å². The van der Waals surface area contributed by atoms with Gasteiger partial charge in [0.2, 0.25) is 0 Å². The van der Waals surface area contributed by atoms with Crippen LogP contribution >= 0.6 is 23.2 Å². The third-order valence-electron chi connectivity index (χ3n) is 6.11. The van der Waals surface area contributed by atoms with Crippen molar-refractivity contribution in [2.45, 2.75) is 33.7 Å². The van der Waals surface area contributed by atoms with E-state index in [1.165, 1.54) is 24.4 Å². The Morgan fingerprint density at radius 1 is 0.844 bits per heavy atom. The van der Waals surface area contributed by atoms with Crippen LogP contribution < -0.4 is 25.5 Å². The average molecular weight is 658 g/mol. The van der Waals surface area contributed by atoms with Gasteiger partial charge in [-0.2, -0.15) is 5.10 Å². The molecule has 3 aromatic carbocycles. The number of benzene rings is 3. The number of nitrogens with zero attached hydrogens (tertiary/aromatic N) is 1. The van der Waals surface area contributed by atoms with Gasteiger partial charge in [-0.3, -0.25) is 14.4 Å². The van der Waals surface area contributed by atoms with Crippen LogP contribution in [0.15, 0.2) is 65.8 Å². The summed E-state index contributed by atoms with van der Waals surface area (Å²) in [4.78, 5) is 49.8. The van der Waals surface area contributed by atoms with E-state index in [1.807, 2.05) is 0 Å². The summed E-state index contributed by atoms with van der Waals surface area (Å²) in [5, 5.41) is 9.96. The van der Waals surface area contributed by atoms with Gasteiger partial charge in [-0.1, -0.05) is 37.0 Å². The second-order valence-corrected chi connectivity index (χ2v) is 10.6. The summed E-state index contributed by atoms with van der Waals surface area (Å²) in [6.45, 7) is 7.41. The first-order valence-corrected chi connectivity index (χ1v) is 14.8. The Balaban J connectivity index is 1.58. The molecule has 0 saturated heterocycles. The summed E-state index contributed by atoms with van der Waals surface area (Å²) in [6.07, 6.45) is 1.41. The first kappa shape index (κ1) is 34.9. The van der Waals surface area contributed by atoms with Crippen LogP contribution in [0.2, 0.25) is 10.0 Å². The number of carbonyl (C=O) groups excluding carboxylic acids is 4. The zero-order valence-corrected chi connectivity index (χ0v) is 26.7. The van der Waals surface area contributed by atoms with E-state index in [1.54, 1.807) is 70.2 Å². The molecule has 0 aliphatic carbocycles.